The lowest BCUT2D eigenvalue weighted by atomic mass is 10.2. The highest BCUT2D eigenvalue weighted by molar-refractivity contribution is 7.33. The third kappa shape index (κ3) is 2.87. The highest BCUT2D eigenvalue weighted by atomic mass is 31.1. The average molecular weight is 231 g/mol. The first kappa shape index (κ1) is 11.4. The van der Waals surface area contributed by atoms with Crippen molar-refractivity contribution in [3.05, 3.63) is 28.3 Å². The van der Waals surface area contributed by atoms with Crippen LogP contribution in [0.25, 0.3) is 0 Å². The molecule has 0 spiro atoms. The van der Waals surface area contributed by atoms with Crippen LogP contribution in [-0.2, 0) is 9.09 Å². The zero-order chi connectivity index (χ0) is 11.4. The van der Waals surface area contributed by atoms with E-state index >= 15 is 0 Å². The Morgan fingerprint density at radius 3 is 2.73 bits per heavy atom. The van der Waals surface area contributed by atoms with Gasteiger partial charge in [0.15, 0.2) is 0 Å². The molecule has 0 aliphatic heterocycles. The summed E-state index contributed by atoms with van der Waals surface area (Å²) in [5, 5.41) is 10.6. The van der Waals surface area contributed by atoms with Gasteiger partial charge in [-0.3, -0.25) is 10.1 Å². The molecule has 1 unspecified atom stereocenters. The van der Waals surface area contributed by atoms with Crippen LogP contribution >= 0.6 is 8.25 Å². The van der Waals surface area contributed by atoms with Gasteiger partial charge in [0.1, 0.15) is 0 Å². The van der Waals surface area contributed by atoms with Crippen molar-refractivity contribution in [3.8, 4) is 5.75 Å². The molecule has 1 atom stereocenters. The molecular formula is C7H8N2O5P+. The maximum atomic E-state index is 10.9. The van der Waals surface area contributed by atoms with Crippen molar-refractivity contribution in [1.29, 1.82) is 0 Å². The van der Waals surface area contributed by atoms with Crippen LogP contribution in [0.3, 0.4) is 0 Å². The number of rotatable bonds is 4. The third-order valence-corrected chi connectivity index (χ3v) is 2.15. The van der Waals surface area contributed by atoms with Gasteiger partial charge in [0.05, 0.1) is 12.0 Å². The fourth-order valence-corrected chi connectivity index (χ4v) is 1.26. The Bertz CT molecular complexity index is 408. The van der Waals surface area contributed by atoms with E-state index in [0.29, 0.717) is 0 Å². The first-order valence-corrected chi connectivity index (χ1v) is 4.87. The molecule has 0 radical (unpaired) electrons. The second kappa shape index (κ2) is 4.68. The molecule has 0 heterocycles. The molecule has 2 N–H and O–H groups in total. The second-order valence-corrected chi connectivity index (χ2v) is 3.48. The molecule has 7 nitrogen and oxygen atoms in total. The number of hydrogen-bond acceptors (Lipinski definition) is 6. The molecule has 0 fully saturated rings. The predicted octanol–water partition coefficient (Wildman–Crippen LogP) is 1.86. The van der Waals surface area contributed by atoms with Gasteiger partial charge in [0.2, 0.25) is 0 Å². The predicted molar refractivity (Wildman–Crippen MR) is 52.8 cm³/mol. The molecule has 0 aromatic heterocycles. The van der Waals surface area contributed by atoms with Gasteiger partial charge in [-0.2, -0.15) is 0 Å². The van der Waals surface area contributed by atoms with Gasteiger partial charge < -0.3 is 5.73 Å². The molecule has 0 aliphatic carbocycles. The minimum Gasteiger partial charge on any atom is -0.399 e. The summed E-state index contributed by atoms with van der Waals surface area (Å²) in [6, 6.07) is 3.79. The first-order valence-electron chi connectivity index (χ1n) is 3.78. The molecule has 15 heavy (non-hydrogen) atoms. The lowest BCUT2D eigenvalue weighted by Gasteiger charge is -1.96. The van der Waals surface area contributed by atoms with E-state index in [1.165, 1.54) is 19.2 Å². The third-order valence-electron chi connectivity index (χ3n) is 1.50. The maximum Gasteiger partial charge on any atom is 0.750 e. The number of benzene rings is 1. The van der Waals surface area contributed by atoms with E-state index in [2.05, 4.69) is 4.52 Å². The van der Waals surface area contributed by atoms with Crippen LogP contribution in [0.4, 0.5) is 11.4 Å². The van der Waals surface area contributed by atoms with Gasteiger partial charge in [-0.1, -0.05) is 0 Å². The van der Waals surface area contributed by atoms with Crippen molar-refractivity contribution in [1.82, 2.24) is 0 Å². The Morgan fingerprint density at radius 1 is 1.53 bits per heavy atom. The molecule has 1 aromatic rings. The summed E-state index contributed by atoms with van der Waals surface area (Å²) in [5.41, 5.74) is 5.24. The lowest BCUT2D eigenvalue weighted by Crippen LogP contribution is -1.95. The van der Waals surface area contributed by atoms with E-state index in [1.807, 2.05) is 0 Å². The van der Waals surface area contributed by atoms with Crippen molar-refractivity contribution in [3.63, 3.8) is 0 Å². The Kier molecular flexibility index (Phi) is 3.54. The van der Waals surface area contributed by atoms with Crippen molar-refractivity contribution in [2.75, 3.05) is 12.8 Å². The number of nitro groups is 1. The first-order chi connectivity index (χ1) is 7.04. The minimum atomic E-state index is -2.40. The largest absolute Gasteiger partial charge is 0.750 e. The molecule has 0 saturated carbocycles. The van der Waals surface area contributed by atoms with Crippen molar-refractivity contribution < 1.29 is 18.5 Å². The van der Waals surface area contributed by atoms with Crippen LogP contribution in [0.1, 0.15) is 0 Å². The van der Waals surface area contributed by atoms with Crippen LogP contribution in [-0.4, -0.2) is 12.0 Å². The summed E-state index contributed by atoms with van der Waals surface area (Å²) < 4.78 is 19.9. The number of anilines is 1. The van der Waals surface area contributed by atoms with Crippen LogP contribution in [0.2, 0.25) is 0 Å². The van der Waals surface area contributed by atoms with E-state index in [9.17, 15) is 14.7 Å². The smallest absolute Gasteiger partial charge is 0.399 e. The summed E-state index contributed by atoms with van der Waals surface area (Å²) in [4.78, 5) is 9.90. The molecule has 0 bridgehead atoms. The standard InChI is InChI=1S/C7H8N2O5P/c1-13-15(12)14-7-3-2-5(8)4-6(7)9(10)11/h2-4H,8H2,1H3/q+1. The van der Waals surface area contributed by atoms with Crippen LogP contribution in [0.5, 0.6) is 5.75 Å². The normalized spacial score (nSPS) is 10.9. The number of hydrogen-bond donors (Lipinski definition) is 1. The molecule has 1 aromatic carbocycles. The summed E-state index contributed by atoms with van der Waals surface area (Å²) >= 11 is 0. The maximum absolute atomic E-state index is 10.9. The van der Waals surface area contributed by atoms with Gasteiger partial charge in [-0.05, 0) is 12.1 Å². The van der Waals surface area contributed by atoms with Gasteiger partial charge in [-0.25, -0.2) is 4.52 Å². The number of nitrogen functional groups attached to an aromatic ring is 1. The van der Waals surface area contributed by atoms with Crippen LogP contribution in [0.15, 0.2) is 18.2 Å². The Labute approximate surface area is 85.9 Å². The lowest BCUT2D eigenvalue weighted by molar-refractivity contribution is -0.385. The monoisotopic (exact) mass is 231 g/mol. The van der Waals surface area contributed by atoms with Gasteiger partial charge in [0, 0.05) is 16.3 Å². The van der Waals surface area contributed by atoms with E-state index in [4.69, 9.17) is 10.3 Å². The highest BCUT2D eigenvalue weighted by Crippen LogP contribution is 2.35. The van der Waals surface area contributed by atoms with Gasteiger partial charge >= 0.3 is 13.9 Å². The fraction of sp³-hybridized carbons (Fsp3) is 0.143. The second-order valence-electron chi connectivity index (χ2n) is 2.48. The average Bonchev–Trinajstić information content (AvgIpc) is 2.20. The van der Waals surface area contributed by atoms with Crippen LogP contribution in [0, 0.1) is 10.1 Å². The Hall–Kier alpha value is -1.72. The molecule has 0 amide bonds. The van der Waals surface area contributed by atoms with Gasteiger partial charge in [0.25, 0.3) is 5.75 Å². The van der Waals surface area contributed by atoms with E-state index in [0.717, 1.165) is 6.07 Å². The van der Waals surface area contributed by atoms with Gasteiger partial charge in [-0.15, -0.1) is 4.52 Å². The molecular weight excluding hydrogens is 223 g/mol. The topological polar surface area (TPSA) is 105 Å². The van der Waals surface area contributed by atoms with Crippen molar-refractivity contribution >= 4 is 19.6 Å². The Morgan fingerprint density at radius 2 is 2.20 bits per heavy atom. The van der Waals surface area contributed by atoms with Crippen molar-refractivity contribution in [2.45, 2.75) is 0 Å². The summed E-state index contributed by atoms with van der Waals surface area (Å²) in [6.45, 7) is 0. The van der Waals surface area contributed by atoms with Crippen molar-refractivity contribution in [2.24, 2.45) is 0 Å². The zero-order valence-electron chi connectivity index (χ0n) is 7.75. The number of nitrogens with zero attached hydrogens (tertiary/aromatic N) is 1. The minimum absolute atomic E-state index is 0.142. The van der Waals surface area contributed by atoms with Crippen LogP contribution < -0.4 is 10.3 Å². The molecule has 0 aliphatic rings. The number of nitro benzene ring substituents is 1. The summed E-state index contributed by atoms with van der Waals surface area (Å²) in [7, 11) is -1.23. The highest BCUT2D eigenvalue weighted by Gasteiger charge is 2.26. The van der Waals surface area contributed by atoms with E-state index in [1.54, 1.807) is 0 Å². The SMILES string of the molecule is CO[P+](=O)Oc1ccc(N)cc1[N+](=O)[O-]. The quantitative estimate of drug-likeness (QED) is 0.367. The molecule has 0 saturated heterocycles. The molecule has 1 rings (SSSR count). The van der Waals surface area contributed by atoms with E-state index < -0.39 is 13.2 Å². The Balaban J connectivity index is 3.06. The molecule has 80 valence electrons. The summed E-state index contributed by atoms with van der Waals surface area (Å²) in [5.74, 6) is -0.142. The van der Waals surface area contributed by atoms with E-state index in [-0.39, 0.29) is 17.1 Å². The summed E-state index contributed by atoms with van der Waals surface area (Å²) in [6.07, 6.45) is 0. The zero-order valence-corrected chi connectivity index (χ0v) is 8.64. The fourth-order valence-electron chi connectivity index (χ4n) is 0.872. The molecule has 8 heteroatoms. The number of nitrogens with two attached hydrogens (primary N) is 1.